The van der Waals surface area contributed by atoms with Crippen LogP contribution < -0.4 is 22.8 Å². The molecule has 130 heavy (non-hydrogen) atoms. The quantitative estimate of drug-likeness (QED) is 0.152. The largest absolute Gasteiger partial charge is 0.455 e. The second-order valence-electron chi connectivity index (χ2n) is 33.8. The molecule has 0 unspecified atom stereocenters. The molecule has 0 aliphatic heterocycles. The van der Waals surface area contributed by atoms with Crippen molar-refractivity contribution in [3.8, 4) is 56.5 Å². The number of aryl methyl sites for hydroxylation is 14. The molecule has 0 N–H and O–H groups in total. The topological polar surface area (TPSA) is 150 Å². The van der Waals surface area contributed by atoms with Crippen molar-refractivity contribution in [1.29, 1.82) is 0 Å². The molecule has 630 valence electrons. The summed E-state index contributed by atoms with van der Waals surface area (Å²) >= 11 is 0. The number of furan rings is 5. The summed E-state index contributed by atoms with van der Waals surface area (Å²) in [7, 11) is 9.66. The lowest BCUT2D eigenvalue weighted by molar-refractivity contribution is -0.663. The standard InChI is InChI=1S/5C23H19N2O/c1-14-12-24-23(25(3)13-14)20-15(2)8-10-18-21-17-7-5-4-6-16(17)9-11-19(21)26-22(18)20;1-14-8-10-18-22-17-7-5-4-6-16(17)9-11-20(22)26-23(18)21(14)19-12-24-15(2)13-25(19)3;1-14-8-10-18-21-17-7-5-4-6-16(17)9-11-19(21)26-22(18)20(14)23-24-15(2)12-13-25(23)3;1-14-12-18-22-17-7-5-4-6-16(17)8-9-20(22)26-23(18)21(15(14)2)19-13-24-10-11-25(19)3;1-14-12-15(2)21-22-17-7-5-4-6-16(17)8-9-19(22)26-23(21)20(14)18-13-24-10-11-25(18)3/h5*4-13H,1-3H3/q5*+1/i1D3;2D3;;;2D3. The van der Waals surface area contributed by atoms with Crippen LogP contribution in [0.15, 0.2) is 327 Å². The summed E-state index contributed by atoms with van der Waals surface area (Å²) in [4.78, 5) is 22.1. The predicted molar refractivity (Wildman–Crippen MR) is 526 cm³/mol. The first-order chi connectivity index (χ1) is 66.8. The number of aromatic nitrogens is 10. The molecule has 15 heteroatoms. The maximum Gasteiger partial charge on any atom is 0.334 e. The fourth-order valence-electron chi connectivity index (χ4n) is 19.0. The van der Waals surface area contributed by atoms with Gasteiger partial charge in [0.1, 0.15) is 88.8 Å². The number of hydrogen-bond acceptors (Lipinski definition) is 10. The first-order valence-electron chi connectivity index (χ1n) is 47.7. The summed E-state index contributed by atoms with van der Waals surface area (Å²) in [6, 6.07) is 80.6. The minimum Gasteiger partial charge on any atom is -0.455 e. The molecule has 15 nitrogen and oxygen atoms in total. The maximum atomic E-state index is 8.17. The Hall–Kier alpha value is -16.0. The molecule has 25 rings (SSSR count). The maximum absolute atomic E-state index is 8.17. The first kappa shape index (κ1) is 71.2. The van der Waals surface area contributed by atoms with Gasteiger partial charge in [-0.05, 0) is 201 Å². The van der Waals surface area contributed by atoms with Crippen LogP contribution in [-0.4, -0.2) is 24.9 Å². The fraction of sp³-hybridized carbons (Fsp3) is 0.130. The lowest BCUT2D eigenvalue weighted by Crippen LogP contribution is -2.32. The second-order valence-corrected chi connectivity index (χ2v) is 33.8. The number of fused-ring (bicyclic) bond motifs is 25. The number of nitrogens with zero attached hydrogens (tertiary/aromatic N) is 10. The molecule has 0 atom stereocenters. The van der Waals surface area contributed by atoms with Gasteiger partial charge in [0.05, 0.1) is 74.2 Å². The van der Waals surface area contributed by atoms with Crippen molar-refractivity contribution >= 4 is 164 Å². The molecule has 0 aliphatic rings. The molecule has 10 aromatic heterocycles. The molecule has 25 aromatic rings. The highest BCUT2D eigenvalue weighted by Gasteiger charge is 2.30. The highest BCUT2D eigenvalue weighted by molar-refractivity contribution is 6.26. The predicted octanol–water partition coefficient (Wildman–Crippen LogP) is 26.2. The van der Waals surface area contributed by atoms with E-state index in [-0.39, 0.29) is 11.3 Å². The van der Waals surface area contributed by atoms with Crippen LogP contribution >= 0.6 is 0 Å². The van der Waals surface area contributed by atoms with Crippen LogP contribution in [0.25, 0.3) is 220 Å². The molecule has 0 saturated carbocycles. The van der Waals surface area contributed by atoms with E-state index in [0.717, 1.165) is 183 Å². The lowest BCUT2D eigenvalue weighted by Gasteiger charge is -2.08. The van der Waals surface area contributed by atoms with Crippen LogP contribution in [0.2, 0.25) is 0 Å². The highest BCUT2D eigenvalue weighted by atomic mass is 16.3. The summed E-state index contributed by atoms with van der Waals surface area (Å²) < 4.78 is 112. The van der Waals surface area contributed by atoms with Crippen LogP contribution in [0.4, 0.5) is 0 Å². The molecule has 0 amide bonds. The Balaban J connectivity index is 0.000000103. The average molecular weight is 1710 g/mol. The van der Waals surface area contributed by atoms with Gasteiger partial charge in [-0.3, -0.25) is 9.97 Å². The Morgan fingerprint density at radius 1 is 0.269 bits per heavy atom. The van der Waals surface area contributed by atoms with E-state index >= 15 is 0 Å². The minimum atomic E-state index is -2.26. The first-order valence-corrected chi connectivity index (χ1v) is 43.2. The average Bonchev–Trinajstić information content (AvgIpc) is 1.42. The van der Waals surface area contributed by atoms with E-state index in [2.05, 4.69) is 202 Å². The van der Waals surface area contributed by atoms with E-state index in [9.17, 15) is 0 Å². The Bertz CT molecular complexity index is 9150. The van der Waals surface area contributed by atoms with E-state index < -0.39 is 20.6 Å². The zero-order valence-corrected chi connectivity index (χ0v) is 73.9. The zero-order chi connectivity index (χ0) is 96.7. The zero-order valence-electron chi connectivity index (χ0n) is 82.9. The Labute approximate surface area is 763 Å². The van der Waals surface area contributed by atoms with Crippen molar-refractivity contribution in [2.75, 3.05) is 0 Å². The van der Waals surface area contributed by atoms with E-state index in [4.69, 9.17) is 39.4 Å². The third-order valence-electron chi connectivity index (χ3n) is 25.5. The van der Waals surface area contributed by atoms with E-state index in [1.165, 1.54) is 60.4 Å². The summed E-state index contributed by atoms with van der Waals surface area (Å²) in [5.74, 6) is 1.60. The van der Waals surface area contributed by atoms with Gasteiger partial charge in [-0.2, -0.15) is 13.7 Å². The SMILES string of the molecule is Cc1cc2c(oc3ccc4ccccc4c32)c(-c2cncc[n+]2C)c1C.Cc1cc[n+](C)c(-c2c(C)ccc3c2oc2ccc4ccccc4c23)n1.[2H]C([2H])([2H])c1c[n+](C)c(-c2c(C)ccc3c2oc2ccc4ccccc4c23)cn1.[2H]C([2H])([2H])c1cc(C)c(-c2cncc[n+]2C)c2oc3ccc4ccccc4c3c12.[2H]C([2H])([2H])c1cnc(-c2c(C)ccc3c2oc2ccc4ccccc4c23)[n+](C)c1. The third-order valence-corrected chi connectivity index (χ3v) is 25.5. The van der Waals surface area contributed by atoms with E-state index in [1.54, 1.807) is 47.8 Å². The van der Waals surface area contributed by atoms with Gasteiger partial charge in [-0.15, -0.1) is 0 Å². The summed E-state index contributed by atoms with van der Waals surface area (Å²) in [5, 5.41) is 22.0. The second kappa shape index (κ2) is 32.5. The highest BCUT2D eigenvalue weighted by Crippen LogP contribution is 2.47. The van der Waals surface area contributed by atoms with E-state index in [0.29, 0.717) is 27.9 Å². The van der Waals surface area contributed by atoms with Gasteiger partial charge >= 0.3 is 11.6 Å². The van der Waals surface area contributed by atoms with Crippen molar-refractivity contribution in [3.05, 3.63) is 361 Å². The molecule has 10 heterocycles. The monoisotopic (exact) mass is 1700 g/mol. The molecule has 0 fully saturated rings. The fourth-order valence-corrected chi connectivity index (χ4v) is 19.0. The van der Waals surface area contributed by atoms with E-state index in [1.807, 2.05) is 176 Å². The van der Waals surface area contributed by atoms with Crippen LogP contribution in [0.5, 0.6) is 0 Å². The number of rotatable bonds is 5. The van der Waals surface area contributed by atoms with Gasteiger partial charge in [0.15, 0.2) is 35.5 Å². The minimum absolute atomic E-state index is 0.0733. The Morgan fingerprint density at radius 2 is 0.685 bits per heavy atom. The van der Waals surface area contributed by atoms with Crippen molar-refractivity contribution < 1.29 is 57.3 Å². The lowest BCUT2D eigenvalue weighted by atomic mass is 9.95. The van der Waals surface area contributed by atoms with Crippen molar-refractivity contribution in [2.24, 2.45) is 35.2 Å². The van der Waals surface area contributed by atoms with Gasteiger partial charge < -0.3 is 22.1 Å². The number of benzene rings is 15. The van der Waals surface area contributed by atoms with Gasteiger partial charge in [0.2, 0.25) is 17.1 Å². The molecule has 0 saturated heterocycles. The van der Waals surface area contributed by atoms with Crippen LogP contribution in [0.3, 0.4) is 0 Å². The molecular weight excluding hydrogens is 1600 g/mol. The molecule has 0 spiro atoms. The molecule has 0 aliphatic carbocycles. The normalized spacial score (nSPS) is 13.0. The van der Waals surface area contributed by atoms with Crippen molar-refractivity contribution in [3.63, 3.8) is 0 Å². The van der Waals surface area contributed by atoms with Gasteiger partial charge in [0, 0.05) is 84.8 Å². The Morgan fingerprint density at radius 3 is 1.15 bits per heavy atom. The molecule has 15 aromatic carbocycles. The third kappa shape index (κ3) is 13.8. The van der Waals surface area contributed by atoms with Crippen molar-refractivity contribution in [2.45, 2.75) is 69.0 Å². The smallest absolute Gasteiger partial charge is 0.334 e. The molecule has 0 bridgehead atoms. The summed E-state index contributed by atoms with van der Waals surface area (Å²) in [5.41, 5.74) is 23.9. The van der Waals surface area contributed by atoms with Crippen molar-refractivity contribution in [1.82, 2.24) is 24.9 Å². The molecule has 0 radical (unpaired) electrons. The van der Waals surface area contributed by atoms with Gasteiger partial charge in [-0.1, -0.05) is 194 Å². The summed E-state index contributed by atoms with van der Waals surface area (Å²) in [6.07, 6.45) is 19.3. The summed E-state index contributed by atoms with van der Waals surface area (Å²) in [6.45, 7) is 7.72. The van der Waals surface area contributed by atoms with Gasteiger partial charge in [0.25, 0.3) is 0 Å². The van der Waals surface area contributed by atoms with Crippen LogP contribution in [-0.2, 0) is 35.2 Å². The molecular formula is C115H95N10O5+5. The van der Waals surface area contributed by atoms with Crippen LogP contribution in [0.1, 0.15) is 68.2 Å². The Kier molecular flexibility index (Phi) is 17.8. The number of hydrogen-bond donors (Lipinski definition) is 0. The van der Waals surface area contributed by atoms with Gasteiger partial charge in [-0.25, -0.2) is 14.1 Å². The van der Waals surface area contributed by atoms with Crippen LogP contribution in [0, 0.1) is 69.0 Å².